The van der Waals surface area contributed by atoms with Crippen LogP contribution in [0.2, 0.25) is 0 Å². The number of nitrogens with one attached hydrogen (secondary N) is 1. The summed E-state index contributed by atoms with van der Waals surface area (Å²) in [6.45, 7) is 7.82. The lowest BCUT2D eigenvalue weighted by Crippen LogP contribution is -2.16. The Morgan fingerprint density at radius 1 is 1.29 bits per heavy atom. The molecule has 0 atom stereocenters. The number of hydrogen-bond acceptors (Lipinski definition) is 4. The number of hydrogen-bond donors (Lipinski definition) is 1. The fourth-order valence-electron chi connectivity index (χ4n) is 1.70. The van der Waals surface area contributed by atoms with Crippen LogP contribution in [0, 0.1) is 13.8 Å². The van der Waals surface area contributed by atoms with E-state index in [1.165, 1.54) is 11.1 Å². The number of benzene rings is 1. The zero-order valence-electron chi connectivity index (χ0n) is 10.4. The summed E-state index contributed by atoms with van der Waals surface area (Å²) in [6.07, 6.45) is 0. The van der Waals surface area contributed by atoms with Crippen molar-refractivity contribution in [2.75, 3.05) is 6.54 Å². The maximum Gasteiger partial charge on any atom is 0.170 e. The zero-order chi connectivity index (χ0) is 12.3. The predicted octanol–water partition coefficient (Wildman–Crippen LogP) is 1.39. The van der Waals surface area contributed by atoms with Crippen molar-refractivity contribution in [2.24, 2.45) is 0 Å². The quantitative estimate of drug-likeness (QED) is 0.864. The molecule has 2 aromatic rings. The van der Waals surface area contributed by atoms with Crippen molar-refractivity contribution in [3.63, 3.8) is 0 Å². The Hall–Kier alpha value is -1.75. The van der Waals surface area contributed by atoms with Crippen molar-refractivity contribution >= 4 is 0 Å². The van der Waals surface area contributed by atoms with Crippen LogP contribution < -0.4 is 5.32 Å². The molecule has 0 aliphatic heterocycles. The van der Waals surface area contributed by atoms with Crippen LogP contribution in [0.4, 0.5) is 0 Å². The first-order valence-corrected chi connectivity index (χ1v) is 5.78. The molecule has 0 amide bonds. The summed E-state index contributed by atoms with van der Waals surface area (Å²) in [5.74, 6) is 0.834. The van der Waals surface area contributed by atoms with Crippen LogP contribution in [-0.4, -0.2) is 26.8 Å². The van der Waals surface area contributed by atoms with Gasteiger partial charge in [0.15, 0.2) is 5.82 Å². The van der Waals surface area contributed by atoms with Crippen molar-refractivity contribution in [1.82, 2.24) is 25.5 Å². The normalized spacial score (nSPS) is 10.8. The van der Waals surface area contributed by atoms with Crippen molar-refractivity contribution < 1.29 is 0 Å². The maximum atomic E-state index is 4.06. The van der Waals surface area contributed by atoms with Crippen LogP contribution in [0.5, 0.6) is 0 Å². The van der Waals surface area contributed by atoms with Gasteiger partial charge in [-0.2, -0.15) is 4.68 Å². The fraction of sp³-hybridized carbons (Fsp3) is 0.417. The summed E-state index contributed by atoms with van der Waals surface area (Å²) >= 11 is 0. The fourth-order valence-corrected chi connectivity index (χ4v) is 1.70. The summed E-state index contributed by atoms with van der Waals surface area (Å²) in [4.78, 5) is 0. The molecule has 17 heavy (non-hydrogen) atoms. The van der Waals surface area contributed by atoms with Gasteiger partial charge in [0.05, 0.1) is 12.2 Å². The van der Waals surface area contributed by atoms with Crippen LogP contribution in [0.3, 0.4) is 0 Å². The largest absolute Gasteiger partial charge is 0.310 e. The van der Waals surface area contributed by atoms with Gasteiger partial charge in [0.2, 0.25) is 0 Å². The van der Waals surface area contributed by atoms with Crippen molar-refractivity contribution in [2.45, 2.75) is 27.3 Å². The van der Waals surface area contributed by atoms with E-state index in [-0.39, 0.29) is 0 Å². The van der Waals surface area contributed by atoms with Gasteiger partial charge in [-0.25, -0.2) is 0 Å². The van der Waals surface area contributed by atoms with Crippen molar-refractivity contribution in [1.29, 1.82) is 0 Å². The number of aromatic nitrogens is 4. The molecular formula is C12H17N5. The highest BCUT2D eigenvalue weighted by Gasteiger charge is 2.10. The third-order valence-electron chi connectivity index (χ3n) is 2.87. The van der Waals surface area contributed by atoms with Gasteiger partial charge in [-0.1, -0.05) is 19.1 Å². The molecule has 0 radical (unpaired) electrons. The number of nitrogens with zero attached hydrogens (tertiary/aromatic N) is 4. The molecule has 0 saturated heterocycles. The SMILES string of the molecule is CCNCc1nnnn1-c1cccc(C)c1C. The number of rotatable bonds is 4. The molecule has 2 rings (SSSR count). The van der Waals surface area contributed by atoms with Crippen LogP contribution >= 0.6 is 0 Å². The van der Waals surface area contributed by atoms with E-state index in [0.29, 0.717) is 6.54 Å². The Balaban J connectivity index is 2.39. The molecule has 5 heteroatoms. The summed E-state index contributed by atoms with van der Waals surface area (Å²) in [5.41, 5.74) is 3.49. The van der Waals surface area contributed by atoms with Crippen LogP contribution in [0.15, 0.2) is 18.2 Å². The minimum absolute atomic E-state index is 0.677. The highest BCUT2D eigenvalue weighted by Crippen LogP contribution is 2.17. The van der Waals surface area contributed by atoms with Gasteiger partial charge in [-0.05, 0) is 48.0 Å². The molecule has 90 valence electrons. The molecule has 0 bridgehead atoms. The Morgan fingerprint density at radius 3 is 2.88 bits per heavy atom. The third-order valence-corrected chi connectivity index (χ3v) is 2.87. The summed E-state index contributed by atoms with van der Waals surface area (Å²) in [5, 5.41) is 15.1. The lowest BCUT2D eigenvalue weighted by Gasteiger charge is -2.09. The molecule has 0 unspecified atom stereocenters. The van der Waals surface area contributed by atoms with E-state index in [1.807, 2.05) is 12.1 Å². The first-order valence-electron chi connectivity index (χ1n) is 5.78. The number of tetrazole rings is 1. The van der Waals surface area contributed by atoms with Gasteiger partial charge in [0.25, 0.3) is 0 Å². The van der Waals surface area contributed by atoms with Gasteiger partial charge in [-0.3, -0.25) is 0 Å². The summed E-state index contributed by atoms with van der Waals surface area (Å²) in [6, 6.07) is 6.15. The lowest BCUT2D eigenvalue weighted by atomic mass is 10.1. The van der Waals surface area contributed by atoms with Crippen molar-refractivity contribution in [3.05, 3.63) is 35.2 Å². The maximum absolute atomic E-state index is 4.06. The molecule has 0 aliphatic carbocycles. The Bertz CT molecular complexity index is 503. The standard InChI is InChI=1S/C12H17N5/c1-4-13-8-12-14-15-16-17(12)11-7-5-6-9(2)10(11)3/h5-7,13H,4,8H2,1-3H3. The monoisotopic (exact) mass is 231 g/mol. The summed E-state index contributed by atoms with van der Waals surface area (Å²) < 4.78 is 1.80. The topological polar surface area (TPSA) is 55.6 Å². The smallest absolute Gasteiger partial charge is 0.170 e. The van der Waals surface area contributed by atoms with Gasteiger partial charge >= 0.3 is 0 Å². The molecule has 1 heterocycles. The molecular weight excluding hydrogens is 214 g/mol. The molecule has 0 aliphatic rings. The van der Waals surface area contributed by atoms with Crippen LogP contribution in [-0.2, 0) is 6.54 Å². The predicted molar refractivity (Wildman–Crippen MR) is 66.0 cm³/mol. The highest BCUT2D eigenvalue weighted by atomic mass is 15.5. The van der Waals surface area contributed by atoms with E-state index < -0.39 is 0 Å². The summed E-state index contributed by atoms with van der Waals surface area (Å²) in [7, 11) is 0. The average molecular weight is 231 g/mol. The second-order valence-electron chi connectivity index (χ2n) is 4.01. The van der Waals surface area contributed by atoms with Crippen LogP contribution in [0.1, 0.15) is 23.9 Å². The minimum atomic E-state index is 0.677. The zero-order valence-corrected chi connectivity index (χ0v) is 10.4. The Kier molecular flexibility index (Phi) is 3.49. The Labute approximate surface area is 101 Å². The van der Waals surface area contributed by atoms with Gasteiger partial charge < -0.3 is 5.32 Å². The molecule has 1 aromatic heterocycles. The molecule has 1 N–H and O–H groups in total. The first kappa shape index (κ1) is 11.7. The van der Waals surface area contributed by atoms with E-state index in [0.717, 1.165) is 18.1 Å². The molecule has 5 nitrogen and oxygen atoms in total. The first-order chi connectivity index (χ1) is 8.24. The third kappa shape index (κ3) is 2.34. The average Bonchev–Trinajstić information content (AvgIpc) is 2.78. The van der Waals surface area contributed by atoms with Gasteiger partial charge in [0.1, 0.15) is 0 Å². The molecule has 0 fully saturated rings. The van der Waals surface area contributed by atoms with E-state index in [2.05, 4.69) is 47.7 Å². The molecule has 0 saturated carbocycles. The van der Waals surface area contributed by atoms with Gasteiger partial charge in [0, 0.05) is 0 Å². The second kappa shape index (κ2) is 5.05. The van der Waals surface area contributed by atoms with Crippen molar-refractivity contribution in [3.8, 4) is 5.69 Å². The molecule has 1 aromatic carbocycles. The molecule has 0 spiro atoms. The van der Waals surface area contributed by atoms with E-state index >= 15 is 0 Å². The lowest BCUT2D eigenvalue weighted by molar-refractivity contribution is 0.662. The minimum Gasteiger partial charge on any atom is -0.310 e. The van der Waals surface area contributed by atoms with E-state index in [9.17, 15) is 0 Å². The van der Waals surface area contributed by atoms with Gasteiger partial charge in [-0.15, -0.1) is 5.10 Å². The van der Waals surface area contributed by atoms with Crippen LogP contribution in [0.25, 0.3) is 5.69 Å². The highest BCUT2D eigenvalue weighted by molar-refractivity contribution is 5.44. The second-order valence-corrected chi connectivity index (χ2v) is 4.01. The van der Waals surface area contributed by atoms with E-state index in [4.69, 9.17) is 0 Å². The van der Waals surface area contributed by atoms with E-state index in [1.54, 1.807) is 4.68 Å². The Morgan fingerprint density at radius 2 is 2.12 bits per heavy atom. The number of aryl methyl sites for hydroxylation is 1.